The van der Waals surface area contributed by atoms with Crippen LogP contribution < -0.4 is 9.47 Å². The van der Waals surface area contributed by atoms with Gasteiger partial charge in [-0.3, -0.25) is 4.79 Å². The molecular formula is C18H15FO5S. The summed E-state index contributed by atoms with van der Waals surface area (Å²) < 4.78 is 48.6. The van der Waals surface area contributed by atoms with E-state index >= 15 is 0 Å². The van der Waals surface area contributed by atoms with Crippen LogP contribution in [0.4, 0.5) is 4.39 Å². The Hall–Kier alpha value is -2.67. The van der Waals surface area contributed by atoms with Crippen molar-refractivity contribution < 1.29 is 27.1 Å². The van der Waals surface area contributed by atoms with Crippen molar-refractivity contribution in [1.29, 1.82) is 0 Å². The van der Waals surface area contributed by atoms with Gasteiger partial charge in [0.05, 0.1) is 24.9 Å². The first-order valence-electron chi connectivity index (χ1n) is 7.34. The van der Waals surface area contributed by atoms with Crippen LogP contribution in [0.25, 0.3) is 6.08 Å². The molecule has 2 aromatic rings. The van der Waals surface area contributed by atoms with Crippen LogP contribution in [0.3, 0.4) is 0 Å². The molecular weight excluding hydrogens is 347 g/mol. The lowest BCUT2D eigenvalue weighted by Crippen LogP contribution is -2.24. The fourth-order valence-electron chi connectivity index (χ4n) is 2.69. The molecule has 0 radical (unpaired) electrons. The monoisotopic (exact) mass is 362 g/mol. The largest absolute Gasteiger partial charge is 0.497 e. The van der Waals surface area contributed by atoms with Crippen molar-refractivity contribution in [3.05, 3.63) is 58.9 Å². The SMILES string of the molecule is COc1cc(/C=C2\CS(=O)(=O)c3ccc(F)cc3C2=O)cc(OC)c1. The van der Waals surface area contributed by atoms with Crippen LogP contribution in [-0.2, 0) is 9.84 Å². The highest BCUT2D eigenvalue weighted by Gasteiger charge is 2.33. The van der Waals surface area contributed by atoms with Crippen molar-refractivity contribution in [3.63, 3.8) is 0 Å². The van der Waals surface area contributed by atoms with Crippen molar-refractivity contribution in [3.8, 4) is 11.5 Å². The molecule has 0 spiro atoms. The summed E-state index contributed by atoms with van der Waals surface area (Å²) in [5.74, 6) is -0.602. The number of carbonyl (C=O) groups excluding carboxylic acids is 1. The highest BCUT2D eigenvalue weighted by atomic mass is 32.2. The fourth-order valence-corrected chi connectivity index (χ4v) is 4.23. The first kappa shape index (κ1) is 17.2. The molecule has 0 amide bonds. The molecule has 0 unspecified atom stereocenters. The van der Waals surface area contributed by atoms with E-state index in [4.69, 9.17) is 9.47 Å². The van der Waals surface area contributed by atoms with Crippen LogP contribution >= 0.6 is 0 Å². The van der Waals surface area contributed by atoms with Gasteiger partial charge in [-0.25, -0.2) is 12.8 Å². The van der Waals surface area contributed by atoms with E-state index in [9.17, 15) is 17.6 Å². The lowest BCUT2D eigenvalue weighted by atomic mass is 10.0. The Kier molecular flexibility index (Phi) is 4.34. The van der Waals surface area contributed by atoms with Crippen LogP contribution in [0.15, 0.2) is 46.9 Å². The lowest BCUT2D eigenvalue weighted by Gasteiger charge is -2.18. The first-order valence-corrected chi connectivity index (χ1v) is 9.00. The van der Waals surface area contributed by atoms with E-state index in [0.717, 1.165) is 18.2 Å². The molecule has 0 atom stereocenters. The van der Waals surface area contributed by atoms with Gasteiger partial charge in [0.25, 0.3) is 0 Å². The van der Waals surface area contributed by atoms with E-state index in [1.165, 1.54) is 20.3 Å². The van der Waals surface area contributed by atoms with Gasteiger partial charge in [0.15, 0.2) is 15.6 Å². The molecule has 0 bridgehead atoms. The molecule has 1 heterocycles. The number of sulfone groups is 1. The van der Waals surface area contributed by atoms with Gasteiger partial charge in [0, 0.05) is 17.2 Å². The Bertz CT molecular complexity index is 970. The molecule has 3 rings (SSSR count). The van der Waals surface area contributed by atoms with E-state index in [2.05, 4.69) is 0 Å². The van der Waals surface area contributed by atoms with E-state index in [-0.39, 0.29) is 16.0 Å². The summed E-state index contributed by atoms with van der Waals surface area (Å²) in [5.41, 5.74) is 0.468. The predicted octanol–water partition coefficient (Wildman–Crippen LogP) is 2.90. The molecule has 0 aromatic heterocycles. The third kappa shape index (κ3) is 3.28. The molecule has 0 saturated carbocycles. The maximum Gasteiger partial charge on any atom is 0.191 e. The minimum Gasteiger partial charge on any atom is -0.497 e. The number of hydrogen-bond acceptors (Lipinski definition) is 5. The number of rotatable bonds is 3. The Balaban J connectivity index is 2.13. The summed E-state index contributed by atoms with van der Waals surface area (Å²) in [5, 5.41) is 0. The average Bonchev–Trinajstić information content (AvgIpc) is 2.58. The lowest BCUT2D eigenvalue weighted by molar-refractivity contribution is 0.103. The fraction of sp³-hybridized carbons (Fsp3) is 0.167. The molecule has 2 aromatic carbocycles. The normalized spacial score (nSPS) is 17.2. The van der Waals surface area contributed by atoms with E-state index in [0.29, 0.717) is 17.1 Å². The molecule has 0 saturated heterocycles. The number of hydrogen-bond donors (Lipinski definition) is 0. The zero-order valence-electron chi connectivity index (χ0n) is 13.6. The Morgan fingerprint density at radius 3 is 2.28 bits per heavy atom. The smallest absolute Gasteiger partial charge is 0.191 e. The van der Waals surface area contributed by atoms with Gasteiger partial charge in [-0.2, -0.15) is 0 Å². The zero-order valence-corrected chi connectivity index (χ0v) is 14.4. The van der Waals surface area contributed by atoms with Gasteiger partial charge in [-0.05, 0) is 42.0 Å². The molecule has 5 nitrogen and oxygen atoms in total. The van der Waals surface area contributed by atoms with Gasteiger partial charge in [0.1, 0.15) is 17.3 Å². The molecule has 0 aliphatic carbocycles. The summed E-state index contributed by atoms with van der Waals surface area (Å²) in [6.45, 7) is 0. The van der Waals surface area contributed by atoms with Gasteiger partial charge in [-0.15, -0.1) is 0 Å². The van der Waals surface area contributed by atoms with Crippen molar-refractivity contribution >= 4 is 21.7 Å². The molecule has 1 aliphatic rings. The number of fused-ring (bicyclic) bond motifs is 1. The predicted molar refractivity (Wildman–Crippen MR) is 90.3 cm³/mol. The number of halogens is 1. The average molecular weight is 362 g/mol. The number of methoxy groups -OCH3 is 2. The highest BCUT2D eigenvalue weighted by Crippen LogP contribution is 2.31. The first-order chi connectivity index (χ1) is 11.8. The molecule has 0 N–H and O–H groups in total. The van der Waals surface area contributed by atoms with Gasteiger partial charge >= 0.3 is 0 Å². The van der Waals surface area contributed by atoms with Crippen LogP contribution in [0.1, 0.15) is 15.9 Å². The second-order valence-corrected chi connectivity index (χ2v) is 7.50. The summed E-state index contributed by atoms with van der Waals surface area (Å²) in [6.07, 6.45) is 1.46. The highest BCUT2D eigenvalue weighted by molar-refractivity contribution is 7.91. The minimum absolute atomic E-state index is 0.0633. The van der Waals surface area contributed by atoms with Gasteiger partial charge in [0.2, 0.25) is 0 Å². The topological polar surface area (TPSA) is 69.7 Å². The summed E-state index contributed by atoms with van der Waals surface area (Å²) in [6, 6.07) is 8.07. The molecule has 25 heavy (non-hydrogen) atoms. The maximum atomic E-state index is 13.5. The van der Waals surface area contributed by atoms with Crippen molar-refractivity contribution in [2.75, 3.05) is 20.0 Å². The Labute approximate surface area is 144 Å². The van der Waals surface area contributed by atoms with Crippen LogP contribution in [-0.4, -0.2) is 34.2 Å². The van der Waals surface area contributed by atoms with E-state index < -0.39 is 27.2 Å². The third-order valence-electron chi connectivity index (χ3n) is 3.87. The Morgan fingerprint density at radius 2 is 1.68 bits per heavy atom. The number of ketones is 1. The minimum atomic E-state index is -3.71. The van der Waals surface area contributed by atoms with Crippen LogP contribution in [0, 0.1) is 5.82 Å². The standard InChI is InChI=1S/C18H15FO5S/c1-23-14-6-11(7-15(9-14)24-2)5-12-10-25(21,22)17-4-3-13(19)8-16(17)18(12)20/h3-9H,10H2,1-2H3/b12-5+. The quantitative estimate of drug-likeness (QED) is 0.620. The van der Waals surface area contributed by atoms with Crippen LogP contribution in [0.5, 0.6) is 11.5 Å². The van der Waals surface area contributed by atoms with Crippen LogP contribution in [0.2, 0.25) is 0 Å². The summed E-state index contributed by atoms with van der Waals surface area (Å²) in [7, 11) is -0.737. The summed E-state index contributed by atoms with van der Waals surface area (Å²) in [4.78, 5) is 12.5. The Morgan fingerprint density at radius 1 is 1.04 bits per heavy atom. The number of carbonyl (C=O) groups is 1. The zero-order chi connectivity index (χ0) is 18.2. The maximum absolute atomic E-state index is 13.5. The van der Waals surface area contributed by atoms with Gasteiger partial charge in [-0.1, -0.05) is 0 Å². The van der Waals surface area contributed by atoms with Crippen molar-refractivity contribution in [2.45, 2.75) is 4.90 Å². The van der Waals surface area contributed by atoms with Crippen molar-refractivity contribution in [1.82, 2.24) is 0 Å². The molecule has 7 heteroatoms. The second kappa shape index (κ2) is 6.33. The molecule has 1 aliphatic heterocycles. The number of benzene rings is 2. The molecule has 130 valence electrons. The number of Topliss-reactive ketones (excluding diaryl/α,β-unsaturated/α-hetero) is 1. The van der Waals surface area contributed by atoms with Gasteiger partial charge < -0.3 is 9.47 Å². The molecule has 0 fully saturated rings. The number of ether oxygens (including phenoxy) is 2. The van der Waals surface area contributed by atoms with E-state index in [1.54, 1.807) is 18.2 Å². The van der Waals surface area contributed by atoms with Crippen molar-refractivity contribution in [2.24, 2.45) is 0 Å². The third-order valence-corrected chi connectivity index (χ3v) is 5.59. The second-order valence-electron chi connectivity index (χ2n) is 5.54. The van der Waals surface area contributed by atoms with E-state index in [1.807, 2.05) is 0 Å². The summed E-state index contributed by atoms with van der Waals surface area (Å²) >= 11 is 0.